The number of amides is 1. The third-order valence-electron chi connectivity index (χ3n) is 2.48. The molecule has 1 rings (SSSR count). The van der Waals surface area contributed by atoms with E-state index in [-0.39, 0.29) is 11.3 Å². The molecular formula is C14H21BrN2O. The molecule has 0 bridgehead atoms. The molecule has 3 nitrogen and oxygen atoms in total. The predicted molar refractivity (Wildman–Crippen MR) is 78.4 cm³/mol. The molecule has 0 saturated carbocycles. The molecule has 100 valence electrons. The Balaban J connectivity index is 2.47. The van der Waals surface area contributed by atoms with Gasteiger partial charge in [-0.25, -0.2) is 4.98 Å². The van der Waals surface area contributed by atoms with Gasteiger partial charge in [-0.2, -0.15) is 0 Å². The summed E-state index contributed by atoms with van der Waals surface area (Å²) in [5, 5.41) is 2.82. The van der Waals surface area contributed by atoms with Crippen molar-refractivity contribution in [3.63, 3.8) is 0 Å². The molecule has 1 amide bonds. The number of rotatable bonds is 4. The summed E-state index contributed by atoms with van der Waals surface area (Å²) in [5.74, 6) is 0.992. The zero-order valence-electron chi connectivity index (χ0n) is 11.5. The maximum Gasteiger partial charge on any atom is 0.225 e. The lowest BCUT2D eigenvalue weighted by Crippen LogP contribution is -2.19. The zero-order valence-corrected chi connectivity index (χ0v) is 13.0. The van der Waals surface area contributed by atoms with Gasteiger partial charge in [0, 0.05) is 17.1 Å². The maximum absolute atomic E-state index is 11.9. The lowest BCUT2D eigenvalue weighted by molar-refractivity contribution is -0.117. The lowest BCUT2D eigenvalue weighted by atomic mass is 9.84. The number of carbonyl (C=O) groups excluding carboxylic acids is 1. The molecule has 0 aliphatic heterocycles. The van der Waals surface area contributed by atoms with Gasteiger partial charge in [0.2, 0.25) is 5.91 Å². The van der Waals surface area contributed by atoms with E-state index in [1.165, 1.54) is 0 Å². The van der Waals surface area contributed by atoms with Crippen molar-refractivity contribution in [1.29, 1.82) is 0 Å². The van der Waals surface area contributed by atoms with Crippen LogP contribution in [0.1, 0.15) is 40.5 Å². The second kappa shape index (κ2) is 6.32. The summed E-state index contributed by atoms with van der Waals surface area (Å²) in [6, 6.07) is 3.63. The van der Waals surface area contributed by atoms with Crippen molar-refractivity contribution >= 4 is 27.7 Å². The van der Waals surface area contributed by atoms with Crippen LogP contribution in [0.25, 0.3) is 0 Å². The molecule has 0 spiro atoms. The fourth-order valence-corrected chi connectivity index (χ4v) is 2.44. The molecular weight excluding hydrogens is 292 g/mol. The van der Waals surface area contributed by atoms with Gasteiger partial charge in [0.15, 0.2) is 0 Å². The molecule has 0 aliphatic carbocycles. The SMILES string of the molecule is CC(CC(=O)Nc1cc(Br)ccn1)CC(C)(C)C. The Morgan fingerprint density at radius 2 is 2.17 bits per heavy atom. The fourth-order valence-electron chi connectivity index (χ4n) is 2.10. The summed E-state index contributed by atoms with van der Waals surface area (Å²) in [6.07, 6.45) is 3.23. The predicted octanol–water partition coefficient (Wildman–Crippen LogP) is 4.25. The zero-order chi connectivity index (χ0) is 13.8. The second-order valence-electron chi connectivity index (χ2n) is 5.98. The van der Waals surface area contributed by atoms with Crippen LogP contribution in [0, 0.1) is 11.3 Å². The van der Waals surface area contributed by atoms with Gasteiger partial charge in [0.05, 0.1) is 0 Å². The van der Waals surface area contributed by atoms with Crippen LogP contribution < -0.4 is 5.32 Å². The van der Waals surface area contributed by atoms with Crippen LogP contribution in [-0.4, -0.2) is 10.9 Å². The fraction of sp³-hybridized carbons (Fsp3) is 0.571. The highest BCUT2D eigenvalue weighted by Gasteiger charge is 2.17. The van der Waals surface area contributed by atoms with Gasteiger partial charge in [-0.3, -0.25) is 4.79 Å². The summed E-state index contributed by atoms with van der Waals surface area (Å²) in [6.45, 7) is 8.69. The van der Waals surface area contributed by atoms with Gasteiger partial charge in [0.1, 0.15) is 5.82 Å². The van der Waals surface area contributed by atoms with Gasteiger partial charge in [-0.05, 0) is 29.9 Å². The van der Waals surface area contributed by atoms with E-state index in [0.717, 1.165) is 10.9 Å². The van der Waals surface area contributed by atoms with Crippen LogP contribution in [0.2, 0.25) is 0 Å². The van der Waals surface area contributed by atoms with Gasteiger partial charge in [-0.15, -0.1) is 0 Å². The monoisotopic (exact) mass is 312 g/mol. The second-order valence-corrected chi connectivity index (χ2v) is 6.90. The van der Waals surface area contributed by atoms with Crippen molar-refractivity contribution in [3.05, 3.63) is 22.8 Å². The molecule has 18 heavy (non-hydrogen) atoms. The van der Waals surface area contributed by atoms with E-state index in [4.69, 9.17) is 0 Å². The number of carbonyl (C=O) groups is 1. The highest BCUT2D eigenvalue weighted by Crippen LogP contribution is 2.26. The Morgan fingerprint density at radius 3 is 2.72 bits per heavy atom. The van der Waals surface area contributed by atoms with E-state index in [0.29, 0.717) is 18.2 Å². The van der Waals surface area contributed by atoms with E-state index in [1.54, 1.807) is 12.3 Å². The summed E-state index contributed by atoms with van der Waals surface area (Å²) in [4.78, 5) is 16.0. The molecule has 0 aliphatic rings. The van der Waals surface area contributed by atoms with Crippen LogP contribution in [0.3, 0.4) is 0 Å². The number of hydrogen-bond donors (Lipinski definition) is 1. The summed E-state index contributed by atoms with van der Waals surface area (Å²) >= 11 is 3.35. The average Bonchev–Trinajstić information content (AvgIpc) is 2.13. The first-order chi connectivity index (χ1) is 8.26. The average molecular weight is 313 g/mol. The molecule has 1 heterocycles. The Labute approximate surface area is 118 Å². The minimum Gasteiger partial charge on any atom is -0.311 e. The molecule has 1 N–H and O–H groups in total. The summed E-state index contributed by atoms with van der Waals surface area (Å²) in [5.41, 5.74) is 0.258. The van der Waals surface area contributed by atoms with E-state index in [2.05, 4.69) is 53.9 Å². The van der Waals surface area contributed by atoms with Crippen molar-refractivity contribution in [2.75, 3.05) is 5.32 Å². The molecule has 0 radical (unpaired) electrons. The van der Waals surface area contributed by atoms with E-state index >= 15 is 0 Å². The van der Waals surface area contributed by atoms with Crippen LogP contribution in [0.15, 0.2) is 22.8 Å². The number of hydrogen-bond acceptors (Lipinski definition) is 2. The van der Waals surface area contributed by atoms with E-state index in [1.807, 2.05) is 6.07 Å². The molecule has 1 aromatic heterocycles. The third kappa shape index (κ3) is 6.15. The number of pyridine rings is 1. The first-order valence-electron chi connectivity index (χ1n) is 6.18. The Kier molecular flexibility index (Phi) is 5.32. The van der Waals surface area contributed by atoms with Crippen molar-refractivity contribution in [3.8, 4) is 0 Å². The van der Waals surface area contributed by atoms with Crippen molar-refractivity contribution < 1.29 is 4.79 Å². The topological polar surface area (TPSA) is 42.0 Å². The Morgan fingerprint density at radius 1 is 1.50 bits per heavy atom. The van der Waals surface area contributed by atoms with Crippen LogP contribution >= 0.6 is 15.9 Å². The van der Waals surface area contributed by atoms with Crippen molar-refractivity contribution in [2.24, 2.45) is 11.3 Å². The number of aromatic nitrogens is 1. The highest BCUT2D eigenvalue weighted by atomic mass is 79.9. The van der Waals surface area contributed by atoms with Gasteiger partial charge < -0.3 is 5.32 Å². The molecule has 0 aromatic carbocycles. The molecule has 4 heteroatoms. The van der Waals surface area contributed by atoms with E-state index in [9.17, 15) is 4.79 Å². The molecule has 0 saturated heterocycles. The minimum absolute atomic E-state index is 0.0253. The van der Waals surface area contributed by atoms with Gasteiger partial charge >= 0.3 is 0 Å². The largest absolute Gasteiger partial charge is 0.311 e. The quantitative estimate of drug-likeness (QED) is 0.903. The third-order valence-corrected chi connectivity index (χ3v) is 2.98. The van der Waals surface area contributed by atoms with Gasteiger partial charge in [0.25, 0.3) is 0 Å². The normalized spacial score (nSPS) is 13.2. The first-order valence-corrected chi connectivity index (χ1v) is 6.97. The highest BCUT2D eigenvalue weighted by molar-refractivity contribution is 9.10. The van der Waals surface area contributed by atoms with Crippen molar-refractivity contribution in [2.45, 2.75) is 40.5 Å². The molecule has 1 unspecified atom stereocenters. The van der Waals surface area contributed by atoms with E-state index < -0.39 is 0 Å². The van der Waals surface area contributed by atoms with Crippen LogP contribution in [0.4, 0.5) is 5.82 Å². The number of nitrogens with zero attached hydrogens (tertiary/aromatic N) is 1. The summed E-state index contributed by atoms with van der Waals surface area (Å²) < 4.78 is 0.913. The number of halogens is 1. The van der Waals surface area contributed by atoms with Gasteiger partial charge in [-0.1, -0.05) is 43.6 Å². The first kappa shape index (κ1) is 15.2. The Bertz CT molecular complexity index is 413. The number of nitrogens with one attached hydrogen (secondary N) is 1. The standard InChI is InChI=1S/C14H21BrN2O/c1-10(9-14(2,3)4)7-13(18)17-12-8-11(15)5-6-16-12/h5-6,8,10H,7,9H2,1-4H3,(H,16,17,18). The summed E-state index contributed by atoms with van der Waals surface area (Å²) in [7, 11) is 0. The molecule has 1 aromatic rings. The molecule has 0 fully saturated rings. The van der Waals surface area contributed by atoms with Crippen molar-refractivity contribution in [1.82, 2.24) is 4.98 Å². The van der Waals surface area contributed by atoms with Crippen LogP contribution in [-0.2, 0) is 4.79 Å². The Hall–Kier alpha value is -0.900. The molecule has 1 atom stereocenters. The maximum atomic E-state index is 11.9. The minimum atomic E-state index is 0.0253. The lowest BCUT2D eigenvalue weighted by Gasteiger charge is -2.22. The smallest absolute Gasteiger partial charge is 0.225 e. The van der Waals surface area contributed by atoms with Crippen LogP contribution in [0.5, 0.6) is 0 Å². The number of anilines is 1.